The predicted octanol–water partition coefficient (Wildman–Crippen LogP) is 2.34. The molecule has 3 N–H and O–H groups in total. The van der Waals surface area contributed by atoms with Crippen molar-refractivity contribution in [2.75, 3.05) is 6.54 Å². The van der Waals surface area contributed by atoms with Crippen molar-refractivity contribution in [3.63, 3.8) is 0 Å². The van der Waals surface area contributed by atoms with Crippen LogP contribution in [0.4, 0.5) is 4.79 Å². The van der Waals surface area contributed by atoms with Gasteiger partial charge < -0.3 is 15.6 Å². The van der Waals surface area contributed by atoms with E-state index in [0.29, 0.717) is 13.0 Å². The number of amides is 4. The van der Waals surface area contributed by atoms with Gasteiger partial charge in [0.15, 0.2) is 0 Å². The molecule has 1 aliphatic heterocycles. The summed E-state index contributed by atoms with van der Waals surface area (Å²) in [7, 11) is 0. The Balaban J connectivity index is 1.31. The third kappa shape index (κ3) is 4.13. The number of para-hydroxylation sites is 1. The Labute approximate surface area is 168 Å². The second-order valence-electron chi connectivity index (χ2n) is 7.07. The Morgan fingerprint density at radius 1 is 1.03 bits per heavy atom. The van der Waals surface area contributed by atoms with Crippen LogP contribution >= 0.6 is 0 Å². The normalized spacial score (nSPS) is 16.3. The molecular formula is C22H22N4O3. The van der Waals surface area contributed by atoms with E-state index in [1.54, 1.807) is 0 Å². The number of nitrogens with one attached hydrogen (secondary N) is 3. The summed E-state index contributed by atoms with van der Waals surface area (Å²) >= 11 is 0. The van der Waals surface area contributed by atoms with E-state index in [1.807, 2.05) is 60.8 Å². The minimum Gasteiger partial charge on any atom is -0.361 e. The first-order chi connectivity index (χ1) is 14.1. The van der Waals surface area contributed by atoms with Gasteiger partial charge in [-0.1, -0.05) is 48.5 Å². The number of carbonyl (C=O) groups excluding carboxylic acids is 3. The highest BCUT2D eigenvalue weighted by Crippen LogP contribution is 2.19. The number of nitrogens with zero attached hydrogens (tertiary/aromatic N) is 1. The Hall–Kier alpha value is -3.61. The Morgan fingerprint density at radius 2 is 1.79 bits per heavy atom. The largest absolute Gasteiger partial charge is 0.361 e. The fourth-order valence-corrected chi connectivity index (χ4v) is 3.55. The molecular weight excluding hydrogens is 368 g/mol. The summed E-state index contributed by atoms with van der Waals surface area (Å²) in [6.45, 7) is 0.660. The second kappa shape index (κ2) is 8.18. The van der Waals surface area contributed by atoms with Gasteiger partial charge in [-0.15, -0.1) is 0 Å². The molecule has 1 aromatic heterocycles. The quantitative estimate of drug-likeness (QED) is 0.541. The number of aromatic amines is 1. The molecule has 3 aromatic rings. The first-order valence-electron chi connectivity index (χ1n) is 9.59. The number of carbonyl (C=O) groups is 3. The zero-order valence-corrected chi connectivity index (χ0v) is 15.9. The number of urea groups is 1. The lowest BCUT2D eigenvalue weighted by atomic mass is 10.1. The van der Waals surface area contributed by atoms with Crippen LogP contribution < -0.4 is 10.6 Å². The average molecular weight is 390 g/mol. The van der Waals surface area contributed by atoms with E-state index >= 15 is 0 Å². The monoisotopic (exact) mass is 390 g/mol. The number of imide groups is 1. The molecule has 7 heteroatoms. The van der Waals surface area contributed by atoms with Gasteiger partial charge in [0, 0.05) is 30.2 Å². The number of hydrogen-bond donors (Lipinski definition) is 3. The van der Waals surface area contributed by atoms with E-state index in [9.17, 15) is 14.4 Å². The molecule has 4 rings (SSSR count). The summed E-state index contributed by atoms with van der Waals surface area (Å²) in [5, 5.41) is 6.48. The number of benzene rings is 2. The van der Waals surface area contributed by atoms with E-state index in [2.05, 4.69) is 15.6 Å². The minimum absolute atomic E-state index is 0.0685. The van der Waals surface area contributed by atoms with E-state index < -0.39 is 12.1 Å². The van der Waals surface area contributed by atoms with Gasteiger partial charge in [-0.2, -0.15) is 0 Å². The van der Waals surface area contributed by atoms with Crippen molar-refractivity contribution in [2.24, 2.45) is 0 Å². The van der Waals surface area contributed by atoms with E-state index in [4.69, 9.17) is 0 Å². The average Bonchev–Trinajstić information content (AvgIpc) is 3.26. The van der Waals surface area contributed by atoms with E-state index in [0.717, 1.165) is 22.0 Å². The summed E-state index contributed by atoms with van der Waals surface area (Å²) in [5.41, 5.74) is 3.04. The van der Waals surface area contributed by atoms with Crippen molar-refractivity contribution in [1.82, 2.24) is 20.5 Å². The van der Waals surface area contributed by atoms with Crippen LogP contribution in [0.15, 0.2) is 60.8 Å². The van der Waals surface area contributed by atoms with Crippen molar-refractivity contribution < 1.29 is 14.4 Å². The van der Waals surface area contributed by atoms with Crippen LogP contribution in [0.25, 0.3) is 10.9 Å². The van der Waals surface area contributed by atoms with Crippen molar-refractivity contribution in [2.45, 2.75) is 25.4 Å². The van der Waals surface area contributed by atoms with Gasteiger partial charge in [0.2, 0.25) is 5.91 Å². The summed E-state index contributed by atoms with van der Waals surface area (Å²) in [6, 6.07) is 16.2. The molecule has 0 aliphatic carbocycles. The summed E-state index contributed by atoms with van der Waals surface area (Å²) in [6.07, 6.45) is 2.38. The number of rotatable bonds is 7. The number of hydrogen-bond acceptors (Lipinski definition) is 3. The SMILES string of the molecule is O=C(CC1NC(=O)N(CCc2c[nH]c3ccccc23)C1=O)NCc1ccccc1. The molecule has 7 nitrogen and oxygen atoms in total. The minimum atomic E-state index is -0.818. The van der Waals surface area contributed by atoms with Crippen LogP contribution in [-0.4, -0.2) is 40.3 Å². The molecule has 1 fully saturated rings. The standard InChI is InChI=1S/C22H22N4O3/c27-20(24-13-15-6-2-1-3-7-15)12-19-21(28)26(22(29)25-19)11-10-16-14-23-18-9-5-4-8-17(16)18/h1-9,14,19,23H,10-13H2,(H,24,27)(H,25,29). The molecule has 0 bridgehead atoms. The van der Waals surface area contributed by atoms with Crippen molar-refractivity contribution in [3.8, 4) is 0 Å². The Bertz CT molecular complexity index is 1040. The highest BCUT2D eigenvalue weighted by molar-refractivity contribution is 6.05. The highest BCUT2D eigenvalue weighted by atomic mass is 16.2. The lowest BCUT2D eigenvalue weighted by Gasteiger charge is -2.13. The molecule has 0 radical (unpaired) electrons. The van der Waals surface area contributed by atoms with Gasteiger partial charge in [-0.05, 0) is 23.6 Å². The maximum atomic E-state index is 12.6. The van der Waals surface area contributed by atoms with Crippen LogP contribution in [0.1, 0.15) is 17.5 Å². The first kappa shape index (κ1) is 18.7. The maximum Gasteiger partial charge on any atom is 0.324 e. The molecule has 0 saturated carbocycles. The molecule has 1 saturated heterocycles. The van der Waals surface area contributed by atoms with Crippen LogP contribution in [0.2, 0.25) is 0 Å². The topological polar surface area (TPSA) is 94.3 Å². The van der Waals surface area contributed by atoms with Crippen molar-refractivity contribution in [1.29, 1.82) is 0 Å². The van der Waals surface area contributed by atoms with Gasteiger partial charge in [0.05, 0.1) is 6.42 Å². The molecule has 148 valence electrons. The maximum absolute atomic E-state index is 12.6. The lowest BCUT2D eigenvalue weighted by Crippen LogP contribution is -2.36. The third-order valence-electron chi connectivity index (χ3n) is 5.11. The Kier molecular flexibility index (Phi) is 5.29. The first-order valence-corrected chi connectivity index (χ1v) is 9.59. The van der Waals surface area contributed by atoms with Gasteiger partial charge in [0.25, 0.3) is 5.91 Å². The van der Waals surface area contributed by atoms with Gasteiger partial charge in [0.1, 0.15) is 6.04 Å². The van der Waals surface area contributed by atoms with Crippen LogP contribution in [-0.2, 0) is 22.6 Å². The van der Waals surface area contributed by atoms with Crippen LogP contribution in [0.5, 0.6) is 0 Å². The summed E-state index contributed by atoms with van der Waals surface area (Å²) in [4.78, 5) is 41.4. The van der Waals surface area contributed by atoms with E-state index in [-0.39, 0.29) is 24.8 Å². The van der Waals surface area contributed by atoms with Crippen molar-refractivity contribution in [3.05, 3.63) is 71.9 Å². The molecule has 1 unspecified atom stereocenters. The van der Waals surface area contributed by atoms with Gasteiger partial charge in [-0.3, -0.25) is 14.5 Å². The summed E-state index contributed by atoms with van der Waals surface area (Å²) in [5.74, 6) is -0.629. The highest BCUT2D eigenvalue weighted by Gasteiger charge is 2.38. The molecule has 2 aromatic carbocycles. The molecule has 29 heavy (non-hydrogen) atoms. The molecule has 0 spiro atoms. The smallest absolute Gasteiger partial charge is 0.324 e. The fourth-order valence-electron chi connectivity index (χ4n) is 3.55. The van der Waals surface area contributed by atoms with Crippen LogP contribution in [0, 0.1) is 0 Å². The van der Waals surface area contributed by atoms with Gasteiger partial charge >= 0.3 is 6.03 Å². The number of H-pyrrole nitrogens is 1. The fraction of sp³-hybridized carbons (Fsp3) is 0.227. The third-order valence-corrected chi connectivity index (χ3v) is 5.11. The summed E-state index contributed by atoms with van der Waals surface area (Å²) < 4.78 is 0. The molecule has 4 amide bonds. The van der Waals surface area contributed by atoms with Crippen molar-refractivity contribution >= 4 is 28.7 Å². The number of fused-ring (bicyclic) bond motifs is 1. The number of aromatic nitrogens is 1. The second-order valence-corrected chi connectivity index (χ2v) is 7.07. The van der Waals surface area contributed by atoms with Gasteiger partial charge in [-0.25, -0.2) is 4.79 Å². The Morgan fingerprint density at radius 3 is 2.62 bits per heavy atom. The molecule has 2 heterocycles. The lowest BCUT2D eigenvalue weighted by molar-refractivity contribution is -0.130. The predicted molar refractivity (Wildman–Crippen MR) is 109 cm³/mol. The molecule has 1 atom stereocenters. The van der Waals surface area contributed by atoms with Crippen LogP contribution in [0.3, 0.4) is 0 Å². The molecule has 1 aliphatic rings. The van der Waals surface area contributed by atoms with E-state index in [1.165, 1.54) is 4.90 Å². The zero-order valence-electron chi connectivity index (χ0n) is 15.9. The zero-order chi connectivity index (χ0) is 20.2.